The van der Waals surface area contributed by atoms with Crippen molar-refractivity contribution in [2.24, 2.45) is 5.16 Å². The van der Waals surface area contributed by atoms with Gasteiger partial charge in [-0.15, -0.1) is 0 Å². The quantitative estimate of drug-likeness (QED) is 0.691. The van der Waals surface area contributed by atoms with Crippen LogP contribution in [0.3, 0.4) is 0 Å². The minimum absolute atomic E-state index is 0.0545. The normalized spacial score (nSPS) is 29.6. The van der Waals surface area contributed by atoms with Crippen LogP contribution in [-0.2, 0) is 10.4 Å². The minimum Gasteiger partial charge on any atom is -0.393 e. The van der Waals surface area contributed by atoms with Crippen LogP contribution in [0.5, 0.6) is 0 Å². The Morgan fingerprint density at radius 2 is 2.06 bits per heavy atom. The van der Waals surface area contributed by atoms with Gasteiger partial charge in [0.2, 0.25) is 0 Å². The van der Waals surface area contributed by atoms with E-state index in [1.165, 1.54) is 0 Å². The van der Waals surface area contributed by atoms with Gasteiger partial charge in [-0.2, -0.15) is 0 Å². The largest absolute Gasteiger partial charge is 0.393 e. The molecule has 1 aliphatic rings. The third kappa shape index (κ3) is 1.93. The van der Waals surface area contributed by atoms with Gasteiger partial charge in [0.05, 0.1) is 6.61 Å². The summed E-state index contributed by atoms with van der Waals surface area (Å²) in [7, 11) is 0. The average molecular weight is 237 g/mol. The molecule has 2 rings (SSSR count). The lowest BCUT2D eigenvalue weighted by Gasteiger charge is -2.26. The molecule has 0 bridgehead atoms. The maximum absolute atomic E-state index is 10.1. The standard InChI is InChI=1S/C12H15NO4/c1-12(8-5-3-2-4-6-8)11(16)10(13-17-12)9(15)7-14/h2-6,9,11,14-16H,7H2,1H3/t9-,11-,12+/m0/s1. The molecule has 0 spiro atoms. The number of aliphatic hydroxyl groups is 3. The smallest absolute Gasteiger partial charge is 0.191 e. The molecule has 1 heterocycles. The van der Waals surface area contributed by atoms with E-state index in [-0.39, 0.29) is 5.71 Å². The van der Waals surface area contributed by atoms with Crippen LogP contribution < -0.4 is 0 Å². The molecule has 0 saturated carbocycles. The fourth-order valence-electron chi connectivity index (χ4n) is 1.85. The van der Waals surface area contributed by atoms with Gasteiger partial charge in [-0.25, -0.2) is 0 Å². The average Bonchev–Trinajstić information content (AvgIpc) is 2.68. The van der Waals surface area contributed by atoms with E-state index in [4.69, 9.17) is 9.94 Å². The van der Waals surface area contributed by atoms with Crippen molar-refractivity contribution in [1.82, 2.24) is 0 Å². The molecule has 0 radical (unpaired) electrons. The SMILES string of the molecule is C[C@]1(c2ccccc2)ON=C([C@@H](O)CO)[C@@H]1O. The number of hydrogen-bond acceptors (Lipinski definition) is 5. The number of aliphatic hydroxyl groups excluding tert-OH is 3. The molecule has 92 valence electrons. The van der Waals surface area contributed by atoms with Crippen LogP contribution >= 0.6 is 0 Å². The Hall–Kier alpha value is -1.43. The zero-order chi connectivity index (χ0) is 12.5. The maximum Gasteiger partial charge on any atom is 0.191 e. The van der Waals surface area contributed by atoms with E-state index in [1.54, 1.807) is 6.92 Å². The molecule has 0 aromatic heterocycles. The highest BCUT2D eigenvalue weighted by Gasteiger charge is 2.47. The first kappa shape index (κ1) is 12.0. The monoisotopic (exact) mass is 237 g/mol. The first-order valence-corrected chi connectivity index (χ1v) is 5.38. The molecule has 1 aromatic rings. The van der Waals surface area contributed by atoms with Gasteiger partial charge in [-0.3, -0.25) is 0 Å². The van der Waals surface area contributed by atoms with Gasteiger partial charge in [-0.05, 0) is 6.92 Å². The first-order valence-electron chi connectivity index (χ1n) is 5.38. The fourth-order valence-corrected chi connectivity index (χ4v) is 1.85. The molecule has 0 aliphatic carbocycles. The summed E-state index contributed by atoms with van der Waals surface area (Å²) in [4.78, 5) is 5.24. The van der Waals surface area contributed by atoms with Crippen molar-refractivity contribution in [1.29, 1.82) is 0 Å². The molecule has 3 N–H and O–H groups in total. The molecule has 0 saturated heterocycles. The van der Waals surface area contributed by atoms with Crippen LogP contribution in [-0.4, -0.2) is 39.8 Å². The van der Waals surface area contributed by atoms with Crippen molar-refractivity contribution in [3.05, 3.63) is 35.9 Å². The fraction of sp³-hybridized carbons (Fsp3) is 0.417. The van der Waals surface area contributed by atoms with Gasteiger partial charge in [0.1, 0.15) is 17.9 Å². The summed E-state index contributed by atoms with van der Waals surface area (Å²) >= 11 is 0. The maximum atomic E-state index is 10.1. The van der Waals surface area contributed by atoms with Crippen LogP contribution in [0, 0.1) is 0 Å². The molecular weight excluding hydrogens is 222 g/mol. The van der Waals surface area contributed by atoms with Crippen molar-refractivity contribution in [3.63, 3.8) is 0 Å². The lowest BCUT2D eigenvalue weighted by Crippen LogP contribution is -2.43. The predicted molar refractivity (Wildman–Crippen MR) is 61.4 cm³/mol. The Morgan fingerprint density at radius 3 is 2.65 bits per heavy atom. The second-order valence-corrected chi connectivity index (χ2v) is 4.18. The summed E-state index contributed by atoms with van der Waals surface area (Å²) in [5, 5.41) is 32.2. The van der Waals surface area contributed by atoms with E-state index in [2.05, 4.69) is 5.16 Å². The van der Waals surface area contributed by atoms with Crippen LogP contribution in [0.4, 0.5) is 0 Å². The molecule has 3 atom stereocenters. The van der Waals surface area contributed by atoms with Crippen LogP contribution in [0.1, 0.15) is 12.5 Å². The van der Waals surface area contributed by atoms with Crippen molar-refractivity contribution in [2.75, 3.05) is 6.61 Å². The van der Waals surface area contributed by atoms with Crippen molar-refractivity contribution < 1.29 is 20.2 Å². The van der Waals surface area contributed by atoms with Crippen LogP contribution in [0.25, 0.3) is 0 Å². The summed E-state index contributed by atoms with van der Waals surface area (Å²) in [6, 6.07) is 9.15. The van der Waals surface area contributed by atoms with Crippen molar-refractivity contribution in [2.45, 2.75) is 24.7 Å². The van der Waals surface area contributed by atoms with Gasteiger partial charge in [-0.1, -0.05) is 35.5 Å². The molecule has 0 unspecified atom stereocenters. The summed E-state index contributed by atoms with van der Waals surface area (Å²) in [5.74, 6) is 0. The number of nitrogens with zero attached hydrogens (tertiary/aromatic N) is 1. The zero-order valence-electron chi connectivity index (χ0n) is 9.45. The van der Waals surface area contributed by atoms with E-state index in [1.807, 2.05) is 30.3 Å². The topological polar surface area (TPSA) is 82.3 Å². The highest BCUT2D eigenvalue weighted by atomic mass is 16.7. The number of rotatable bonds is 3. The third-order valence-electron chi connectivity index (χ3n) is 3.00. The van der Waals surface area contributed by atoms with Crippen molar-refractivity contribution in [3.8, 4) is 0 Å². The molecule has 5 nitrogen and oxygen atoms in total. The molecule has 0 amide bonds. The Morgan fingerprint density at radius 1 is 1.41 bits per heavy atom. The molecule has 1 aliphatic heterocycles. The third-order valence-corrected chi connectivity index (χ3v) is 3.00. The number of oxime groups is 1. The van der Waals surface area contributed by atoms with Gasteiger partial charge in [0.25, 0.3) is 0 Å². The molecule has 5 heteroatoms. The van der Waals surface area contributed by atoms with Crippen LogP contribution in [0.2, 0.25) is 0 Å². The molecule has 1 aromatic carbocycles. The summed E-state index contributed by atoms with van der Waals surface area (Å²) < 4.78 is 0. The van der Waals surface area contributed by atoms with Gasteiger partial charge < -0.3 is 20.2 Å². The highest BCUT2D eigenvalue weighted by molar-refractivity contribution is 5.94. The van der Waals surface area contributed by atoms with Gasteiger partial charge in [0, 0.05) is 5.56 Å². The predicted octanol–water partition coefficient (Wildman–Crippen LogP) is 0.00210. The first-order chi connectivity index (χ1) is 8.09. The zero-order valence-corrected chi connectivity index (χ0v) is 9.45. The Kier molecular flexibility index (Phi) is 3.15. The van der Waals surface area contributed by atoms with E-state index in [0.717, 1.165) is 5.56 Å². The Balaban J connectivity index is 2.27. The number of hydrogen-bond donors (Lipinski definition) is 3. The summed E-state index contributed by atoms with van der Waals surface area (Å²) in [5.41, 5.74) is -0.206. The molecule has 0 fully saturated rings. The molecule has 17 heavy (non-hydrogen) atoms. The van der Waals surface area contributed by atoms with Crippen LogP contribution in [0.15, 0.2) is 35.5 Å². The molecular formula is C12H15NO4. The summed E-state index contributed by atoms with van der Waals surface area (Å²) in [6.45, 7) is 1.19. The Bertz CT molecular complexity index is 420. The van der Waals surface area contributed by atoms with E-state index in [9.17, 15) is 10.2 Å². The number of benzene rings is 1. The van der Waals surface area contributed by atoms with Gasteiger partial charge in [0.15, 0.2) is 5.60 Å². The van der Waals surface area contributed by atoms with Gasteiger partial charge >= 0.3 is 0 Å². The van der Waals surface area contributed by atoms with E-state index >= 15 is 0 Å². The lowest BCUT2D eigenvalue weighted by atomic mass is 9.87. The Labute approximate surface area is 99.0 Å². The lowest BCUT2D eigenvalue weighted by molar-refractivity contribution is -0.0675. The minimum atomic E-state index is -1.20. The van der Waals surface area contributed by atoms with Crippen molar-refractivity contribution >= 4 is 5.71 Å². The van der Waals surface area contributed by atoms with E-state index < -0.39 is 24.4 Å². The summed E-state index contributed by atoms with van der Waals surface area (Å²) in [6.07, 6.45) is -2.28. The highest BCUT2D eigenvalue weighted by Crippen LogP contribution is 2.35. The van der Waals surface area contributed by atoms with E-state index in [0.29, 0.717) is 0 Å². The second kappa shape index (κ2) is 4.44. The second-order valence-electron chi connectivity index (χ2n) is 4.18.